The maximum absolute atomic E-state index is 12.0. The Hall–Kier alpha value is -1.59. The smallest absolute Gasteiger partial charge is 0.504 e. The number of methoxy groups -OCH3 is 1. The number of hydrogen-bond acceptors (Lipinski definition) is 3. The summed E-state index contributed by atoms with van der Waals surface area (Å²) in [5.41, 5.74) is 0.107. The van der Waals surface area contributed by atoms with Crippen LogP contribution in [0.2, 0.25) is 0 Å². The Balaban J connectivity index is 3.10. The fourth-order valence-electron chi connectivity index (χ4n) is 1.11. The molecule has 0 unspecified atom stereocenters. The van der Waals surface area contributed by atoms with E-state index in [-0.39, 0.29) is 17.1 Å². The first-order valence-electron chi connectivity index (χ1n) is 4.18. The maximum Gasteiger partial charge on any atom is 0.796 e. The lowest BCUT2D eigenvalue weighted by atomic mass is 10.1. The largest absolute Gasteiger partial charge is 0.796 e. The predicted octanol–water partition coefficient (Wildman–Crippen LogP) is 2.20. The van der Waals surface area contributed by atoms with Crippen molar-refractivity contribution in [3.05, 3.63) is 23.8 Å². The second kappa shape index (κ2) is 4.77. The van der Waals surface area contributed by atoms with Crippen molar-refractivity contribution < 1.29 is 22.8 Å². The number of halogens is 2. The predicted molar refractivity (Wildman–Crippen MR) is 51.6 cm³/mol. The van der Waals surface area contributed by atoms with Gasteiger partial charge in [-0.2, -0.15) is 0 Å². The molecule has 0 radical (unpaired) electrons. The van der Waals surface area contributed by atoms with E-state index in [0.717, 1.165) is 0 Å². The third-order valence-electron chi connectivity index (χ3n) is 1.78. The number of Topliss-reactive ketones (excluding diaryl/α,β-unsaturated/α-hetero) is 1. The van der Waals surface area contributed by atoms with Crippen LogP contribution in [0.5, 0.6) is 11.5 Å². The first-order valence-corrected chi connectivity index (χ1v) is 4.18. The van der Waals surface area contributed by atoms with Crippen molar-refractivity contribution in [3.8, 4) is 11.5 Å². The van der Waals surface area contributed by atoms with Crippen LogP contribution >= 0.6 is 0 Å². The summed E-state index contributed by atoms with van der Waals surface area (Å²) in [6, 6.07) is 4.15. The van der Waals surface area contributed by atoms with Gasteiger partial charge in [0, 0.05) is 6.07 Å². The Morgan fingerprint density at radius 1 is 1.40 bits per heavy atom. The summed E-state index contributed by atoms with van der Waals surface area (Å²) < 4.78 is 33.1. The molecule has 0 fully saturated rings. The van der Waals surface area contributed by atoms with Gasteiger partial charge in [0.25, 0.3) is 0 Å². The molecule has 0 aromatic heterocycles. The number of carbonyl (C=O) groups is 1. The van der Waals surface area contributed by atoms with Gasteiger partial charge in [-0.25, -0.2) is 8.63 Å². The average Bonchev–Trinajstić information content (AvgIpc) is 2.16. The Labute approximate surface area is 86.2 Å². The molecule has 0 heterocycles. The molecule has 3 nitrogen and oxygen atoms in total. The van der Waals surface area contributed by atoms with E-state index in [1.165, 1.54) is 32.2 Å². The van der Waals surface area contributed by atoms with Crippen LogP contribution < -0.4 is 9.39 Å². The molecule has 6 heteroatoms. The van der Waals surface area contributed by atoms with E-state index < -0.39 is 7.47 Å². The average molecular weight is 214 g/mol. The summed E-state index contributed by atoms with van der Waals surface area (Å²) in [5.74, 6) is -0.152. The number of carbonyl (C=O) groups excluding carboxylic acids is 1. The quantitative estimate of drug-likeness (QED) is 0.569. The summed E-state index contributed by atoms with van der Waals surface area (Å²) in [7, 11) is -1.57. The molecule has 1 rings (SSSR count). The molecule has 0 atom stereocenters. The lowest BCUT2D eigenvalue weighted by Gasteiger charge is -2.09. The van der Waals surface area contributed by atoms with Gasteiger partial charge in [0.05, 0.1) is 12.7 Å². The molecule has 0 aliphatic rings. The highest BCUT2D eigenvalue weighted by Gasteiger charge is 2.21. The molecular formula is C9H9BF2O3. The van der Waals surface area contributed by atoms with E-state index in [4.69, 9.17) is 4.74 Å². The van der Waals surface area contributed by atoms with Gasteiger partial charge >= 0.3 is 7.47 Å². The summed E-state index contributed by atoms with van der Waals surface area (Å²) in [6.45, 7) is 1.28. The van der Waals surface area contributed by atoms with Gasteiger partial charge in [0.2, 0.25) is 0 Å². The first kappa shape index (κ1) is 11.5. The Morgan fingerprint density at radius 2 is 2.07 bits per heavy atom. The molecule has 80 valence electrons. The second-order valence-electron chi connectivity index (χ2n) is 2.80. The van der Waals surface area contributed by atoms with Gasteiger partial charge in [0.1, 0.15) is 11.5 Å². The molecule has 15 heavy (non-hydrogen) atoms. The SMILES string of the molecule is COc1ccc(C(C)=O)c(OB(F)F)c1. The van der Waals surface area contributed by atoms with E-state index >= 15 is 0 Å². The molecule has 0 spiro atoms. The minimum Gasteiger partial charge on any atom is -0.504 e. The normalized spacial score (nSPS) is 9.60. The van der Waals surface area contributed by atoms with E-state index in [2.05, 4.69) is 4.65 Å². The van der Waals surface area contributed by atoms with Crippen LogP contribution in [0, 0.1) is 0 Å². The lowest BCUT2D eigenvalue weighted by molar-refractivity contribution is 0.101. The highest BCUT2D eigenvalue weighted by Crippen LogP contribution is 2.25. The van der Waals surface area contributed by atoms with Crippen molar-refractivity contribution in [1.82, 2.24) is 0 Å². The number of rotatable bonds is 4. The van der Waals surface area contributed by atoms with Crippen LogP contribution in [-0.2, 0) is 0 Å². The number of ketones is 1. The fourth-order valence-corrected chi connectivity index (χ4v) is 1.11. The van der Waals surface area contributed by atoms with Crippen molar-refractivity contribution >= 4 is 13.3 Å². The van der Waals surface area contributed by atoms with Crippen molar-refractivity contribution in [3.63, 3.8) is 0 Å². The molecule has 0 bridgehead atoms. The topological polar surface area (TPSA) is 35.5 Å². The zero-order valence-electron chi connectivity index (χ0n) is 8.29. The fraction of sp³-hybridized carbons (Fsp3) is 0.222. The lowest BCUT2D eigenvalue weighted by Crippen LogP contribution is -2.11. The summed E-state index contributed by atoms with van der Waals surface area (Å²) >= 11 is 0. The van der Waals surface area contributed by atoms with Gasteiger partial charge in [-0.05, 0) is 19.1 Å². The third-order valence-corrected chi connectivity index (χ3v) is 1.78. The Bertz CT molecular complexity index is 368. The van der Waals surface area contributed by atoms with Crippen molar-refractivity contribution in [2.24, 2.45) is 0 Å². The minimum absolute atomic E-state index is 0.107. The Kier molecular flexibility index (Phi) is 3.65. The zero-order valence-corrected chi connectivity index (χ0v) is 8.29. The van der Waals surface area contributed by atoms with E-state index in [1.807, 2.05) is 0 Å². The van der Waals surface area contributed by atoms with Crippen LogP contribution in [0.25, 0.3) is 0 Å². The highest BCUT2D eigenvalue weighted by atomic mass is 19.2. The molecule has 0 aliphatic heterocycles. The van der Waals surface area contributed by atoms with Crippen LogP contribution in [0.4, 0.5) is 8.63 Å². The second-order valence-corrected chi connectivity index (χ2v) is 2.80. The molecule has 0 aliphatic carbocycles. The van der Waals surface area contributed by atoms with Gasteiger partial charge in [-0.3, -0.25) is 4.79 Å². The zero-order chi connectivity index (χ0) is 11.4. The van der Waals surface area contributed by atoms with Crippen LogP contribution in [0.1, 0.15) is 17.3 Å². The summed E-state index contributed by atoms with van der Waals surface area (Å²) in [4.78, 5) is 11.1. The molecule has 0 saturated heterocycles. The first-order chi connectivity index (χ1) is 7.04. The standard InChI is InChI=1S/C9H9BF2O3/c1-6(13)8-4-3-7(14-2)5-9(8)15-10(11)12/h3-5H,1-2H3. The monoisotopic (exact) mass is 214 g/mol. The highest BCUT2D eigenvalue weighted by molar-refractivity contribution is 6.35. The van der Waals surface area contributed by atoms with Crippen LogP contribution in [-0.4, -0.2) is 20.4 Å². The molecule has 0 N–H and O–H groups in total. The molecule has 1 aromatic carbocycles. The summed E-state index contributed by atoms with van der Waals surface area (Å²) in [5, 5.41) is 0. The van der Waals surface area contributed by atoms with Gasteiger partial charge in [-0.1, -0.05) is 0 Å². The molecule has 0 amide bonds. The Morgan fingerprint density at radius 3 is 2.53 bits per heavy atom. The maximum atomic E-state index is 12.0. The van der Waals surface area contributed by atoms with Crippen LogP contribution in [0.15, 0.2) is 18.2 Å². The molecular weight excluding hydrogens is 205 g/mol. The van der Waals surface area contributed by atoms with Crippen molar-refractivity contribution in [2.75, 3.05) is 7.11 Å². The number of ether oxygens (including phenoxy) is 1. The van der Waals surface area contributed by atoms with E-state index in [0.29, 0.717) is 5.75 Å². The van der Waals surface area contributed by atoms with Gasteiger partial charge < -0.3 is 9.39 Å². The minimum atomic E-state index is -2.96. The number of hydrogen-bond donors (Lipinski definition) is 0. The number of benzene rings is 1. The van der Waals surface area contributed by atoms with Gasteiger partial charge in [0.15, 0.2) is 5.78 Å². The van der Waals surface area contributed by atoms with Crippen molar-refractivity contribution in [2.45, 2.75) is 6.92 Å². The van der Waals surface area contributed by atoms with Gasteiger partial charge in [-0.15, -0.1) is 0 Å². The van der Waals surface area contributed by atoms with E-state index in [9.17, 15) is 13.4 Å². The molecule has 1 aromatic rings. The van der Waals surface area contributed by atoms with Crippen LogP contribution in [0.3, 0.4) is 0 Å². The molecule has 0 saturated carbocycles. The van der Waals surface area contributed by atoms with E-state index in [1.54, 1.807) is 0 Å². The van der Waals surface area contributed by atoms with Crippen molar-refractivity contribution in [1.29, 1.82) is 0 Å². The summed E-state index contributed by atoms with van der Waals surface area (Å²) in [6.07, 6.45) is 0. The third kappa shape index (κ3) is 2.94.